The van der Waals surface area contributed by atoms with Crippen molar-refractivity contribution in [1.82, 2.24) is 0 Å². The summed E-state index contributed by atoms with van der Waals surface area (Å²) in [5, 5.41) is 0. The van der Waals surface area contributed by atoms with Crippen molar-refractivity contribution in [3.63, 3.8) is 0 Å². The van der Waals surface area contributed by atoms with Gasteiger partial charge in [0.05, 0.1) is 39.1 Å². The molecule has 2 saturated heterocycles. The molecule has 2 heterocycles. The second kappa shape index (κ2) is 8.47. The molecule has 0 spiro atoms. The first kappa shape index (κ1) is 17.2. The van der Waals surface area contributed by atoms with Gasteiger partial charge in [-0.15, -0.1) is 0 Å². The number of hydrogen-bond acceptors (Lipinski definition) is 4. The molecule has 21 heavy (non-hydrogen) atoms. The maximum atomic E-state index is 6.21. The van der Waals surface area contributed by atoms with E-state index in [1.54, 1.807) is 0 Å². The normalized spacial score (nSPS) is 28.1. The summed E-state index contributed by atoms with van der Waals surface area (Å²) < 4.78 is 22.7. The van der Waals surface area contributed by atoms with Crippen LogP contribution >= 0.6 is 0 Å². The number of rotatable bonds is 13. The molecule has 0 aromatic rings. The van der Waals surface area contributed by atoms with Gasteiger partial charge in [0.2, 0.25) is 0 Å². The molecule has 2 rings (SSSR count). The van der Waals surface area contributed by atoms with Crippen molar-refractivity contribution in [2.45, 2.75) is 71.2 Å². The molecule has 0 aliphatic carbocycles. The maximum Gasteiger partial charge on any atom is 0.104 e. The van der Waals surface area contributed by atoms with E-state index >= 15 is 0 Å². The van der Waals surface area contributed by atoms with Gasteiger partial charge in [-0.25, -0.2) is 0 Å². The average molecular weight is 300 g/mol. The van der Waals surface area contributed by atoms with Gasteiger partial charge in [0, 0.05) is 5.41 Å². The lowest BCUT2D eigenvalue weighted by Gasteiger charge is -2.39. The summed E-state index contributed by atoms with van der Waals surface area (Å²) >= 11 is 0. The second-order valence-corrected chi connectivity index (χ2v) is 6.48. The van der Waals surface area contributed by atoms with Gasteiger partial charge >= 0.3 is 0 Å². The minimum Gasteiger partial charge on any atom is -0.378 e. The smallest absolute Gasteiger partial charge is 0.104 e. The van der Waals surface area contributed by atoms with E-state index in [0.717, 1.165) is 45.9 Å². The third kappa shape index (κ3) is 5.51. The Balaban J connectivity index is 1.90. The fourth-order valence-corrected chi connectivity index (χ4v) is 3.03. The predicted molar refractivity (Wildman–Crippen MR) is 82.6 cm³/mol. The van der Waals surface area contributed by atoms with Crippen molar-refractivity contribution in [2.24, 2.45) is 5.41 Å². The maximum absolute atomic E-state index is 6.21. The minimum absolute atomic E-state index is 0.133. The lowest BCUT2D eigenvalue weighted by molar-refractivity contribution is -0.0952. The molecular formula is C17H32O4. The van der Waals surface area contributed by atoms with Crippen LogP contribution in [-0.4, -0.2) is 51.3 Å². The van der Waals surface area contributed by atoms with E-state index in [2.05, 4.69) is 20.8 Å². The minimum atomic E-state index is 0.133. The summed E-state index contributed by atoms with van der Waals surface area (Å²) in [5.41, 5.74) is 0.133. The molecular weight excluding hydrogens is 268 g/mol. The van der Waals surface area contributed by atoms with Gasteiger partial charge in [0.25, 0.3) is 0 Å². The highest BCUT2D eigenvalue weighted by atomic mass is 16.6. The molecule has 2 aliphatic rings. The SMILES string of the molecule is CCCCC(CC)(COCC1CO1)C(CC)OCC1CO1. The number of epoxide rings is 2. The quantitative estimate of drug-likeness (QED) is 0.490. The van der Waals surface area contributed by atoms with Gasteiger partial charge in [-0.1, -0.05) is 33.6 Å². The van der Waals surface area contributed by atoms with Crippen LogP contribution in [-0.2, 0) is 18.9 Å². The van der Waals surface area contributed by atoms with E-state index in [4.69, 9.17) is 18.9 Å². The molecule has 0 radical (unpaired) electrons. The average Bonchev–Trinajstić information content (AvgIpc) is 3.38. The topological polar surface area (TPSA) is 43.5 Å². The Morgan fingerprint density at radius 1 is 1.10 bits per heavy atom. The fraction of sp³-hybridized carbons (Fsp3) is 1.00. The van der Waals surface area contributed by atoms with Gasteiger partial charge in [-0.2, -0.15) is 0 Å². The number of unbranched alkanes of at least 4 members (excludes halogenated alkanes) is 1. The van der Waals surface area contributed by atoms with E-state index in [9.17, 15) is 0 Å². The summed E-state index contributed by atoms with van der Waals surface area (Å²) in [7, 11) is 0. The van der Waals surface area contributed by atoms with Crippen LogP contribution in [0.5, 0.6) is 0 Å². The van der Waals surface area contributed by atoms with Crippen molar-refractivity contribution in [3.8, 4) is 0 Å². The van der Waals surface area contributed by atoms with Gasteiger partial charge in [0.1, 0.15) is 12.2 Å². The first-order valence-corrected chi connectivity index (χ1v) is 8.66. The van der Waals surface area contributed by atoms with Crippen LogP contribution in [0.25, 0.3) is 0 Å². The molecule has 0 saturated carbocycles. The molecule has 2 fully saturated rings. The van der Waals surface area contributed by atoms with E-state index in [-0.39, 0.29) is 11.5 Å². The Morgan fingerprint density at radius 3 is 2.29 bits per heavy atom. The standard InChI is InChI=1S/C17H32O4/c1-4-7-8-17(6-3,13-18-9-14-10-19-14)16(5-2)21-12-15-11-20-15/h14-16H,4-13H2,1-3H3. The Kier molecular flexibility index (Phi) is 6.93. The molecule has 0 aromatic heterocycles. The number of hydrogen-bond donors (Lipinski definition) is 0. The van der Waals surface area contributed by atoms with Crippen LogP contribution in [0, 0.1) is 5.41 Å². The first-order chi connectivity index (χ1) is 10.2. The molecule has 124 valence electrons. The third-order valence-electron chi connectivity index (χ3n) is 4.77. The van der Waals surface area contributed by atoms with E-state index in [0.29, 0.717) is 12.2 Å². The second-order valence-electron chi connectivity index (χ2n) is 6.48. The Labute approximate surface area is 129 Å². The number of ether oxygens (including phenoxy) is 4. The Bertz CT molecular complexity index is 289. The van der Waals surface area contributed by atoms with Crippen LogP contribution in [0.2, 0.25) is 0 Å². The molecule has 0 N–H and O–H groups in total. The van der Waals surface area contributed by atoms with Gasteiger partial charge in [-0.3, -0.25) is 0 Å². The highest BCUT2D eigenvalue weighted by molar-refractivity contribution is 4.87. The van der Waals surface area contributed by atoms with Crippen LogP contribution in [0.1, 0.15) is 52.9 Å². The van der Waals surface area contributed by atoms with E-state index < -0.39 is 0 Å². The largest absolute Gasteiger partial charge is 0.378 e. The Morgan fingerprint density at radius 2 is 1.76 bits per heavy atom. The van der Waals surface area contributed by atoms with Crippen LogP contribution in [0.4, 0.5) is 0 Å². The molecule has 0 amide bonds. The third-order valence-corrected chi connectivity index (χ3v) is 4.77. The summed E-state index contributed by atoms with van der Waals surface area (Å²) in [6.45, 7) is 10.7. The molecule has 4 nitrogen and oxygen atoms in total. The summed E-state index contributed by atoms with van der Waals surface area (Å²) in [6, 6.07) is 0. The van der Waals surface area contributed by atoms with Crippen LogP contribution in [0.3, 0.4) is 0 Å². The molecule has 4 heteroatoms. The highest BCUT2D eigenvalue weighted by Gasteiger charge is 2.39. The lowest BCUT2D eigenvalue weighted by atomic mass is 9.75. The molecule has 4 unspecified atom stereocenters. The van der Waals surface area contributed by atoms with Crippen molar-refractivity contribution in [2.75, 3.05) is 33.0 Å². The summed E-state index contributed by atoms with van der Waals surface area (Å²) in [5.74, 6) is 0. The van der Waals surface area contributed by atoms with Gasteiger partial charge < -0.3 is 18.9 Å². The van der Waals surface area contributed by atoms with Crippen LogP contribution in [0.15, 0.2) is 0 Å². The molecule has 0 aromatic carbocycles. The zero-order valence-corrected chi connectivity index (χ0v) is 13.9. The lowest BCUT2D eigenvalue weighted by Crippen LogP contribution is -2.41. The zero-order chi connectivity index (χ0) is 15.1. The zero-order valence-electron chi connectivity index (χ0n) is 13.9. The fourth-order valence-electron chi connectivity index (χ4n) is 3.03. The monoisotopic (exact) mass is 300 g/mol. The molecule has 2 aliphatic heterocycles. The van der Waals surface area contributed by atoms with Crippen molar-refractivity contribution in [1.29, 1.82) is 0 Å². The van der Waals surface area contributed by atoms with Crippen molar-refractivity contribution >= 4 is 0 Å². The molecule has 4 atom stereocenters. The van der Waals surface area contributed by atoms with Crippen molar-refractivity contribution in [3.05, 3.63) is 0 Å². The van der Waals surface area contributed by atoms with Gasteiger partial charge in [0.15, 0.2) is 0 Å². The van der Waals surface area contributed by atoms with E-state index in [1.807, 2.05) is 0 Å². The molecule has 0 bridgehead atoms. The summed E-state index contributed by atoms with van der Waals surface area (Å²) in [4.78, 5) is 0. The summed E-state index contributed by atoms with van der Waals surface area (Å²) in [6.07, 6.45) is 6.70. The van der Waals surface area contributed by atoms with Crippen molar-refractivity contribution < 1.29 is 18.9 Å². The highest BCUT2D eigenvalue weighted by Crippen LogP contribution is 2.37. The van der Waals surface area contributed by atoms with Crippen LogP contribution < -0.4 is 0 Å². The van der Waals surface area contributed by atoms with Gasteiger partial charge in [-0.05, 0) is 19.3 Å². The van der Waals surface area contributed by atoms with E-state index in [1.165, 1.54) is 19.3 Å². The first-order valence-electron chi connectivity index (χ1n) is 8.66. The Hall–Kier alpha value is -0.160. The predicted octanol–water partition coefficient (Wildman–Crippen LogP) is 3.18.